The van der Waals surface area contributed by atoms with E-state index in [-0.39, 0.29) is 5.91 Å². The van der Waals surface area contributed by atoms with E-state index in [4.69, 9.17) is 14.2 Å². The van der Waals surface area contributed by atoms with E-state index >= 15 is 0 Å². The number of imidazole rings is 1. The molecule has 0 radical (unpaired) electrons. The minimum Gasteiger partial charge on any atom is -0.611 e. The van der Waals surface area contributed by atoms with Crippen molar-refractivity contribution < 1.29 is 23.6 Å². The molecule has 10 heteroatoms. The van der Waals surface area contributed by atoms with Gasteiger partial charge in [-0.3, -0.25) is 4.79 Å². The molecule has 0 saturated carbocycles. The average molecular weight is 711 g/mol. The van der Waals surface area contributed by atoms with Crippen molar-refractivity contribution >= 4 is 34.5 Å². The van der Waals surface area contributed by atoms with Gasteiger partial charge in [-0.15, -0.1) is 0 Å². The molecule has 0 bridgehead atoms. The number of nitrogens with zero attached hydrogens (tertiary/aromatic N) is 3. The molecule has 51 heavy (non-hydrogen) atoms. The molecule has 1 aromatic heterocycles. The minimum atomic E-state index is -1.23. The number of anilines is 2. The molecule has 0 spiro atoms. The first-order valence-corrected chi connectivity index (χ1v) is 19.5. The summed E-state index contributed by atoms with van der Waals surface area (Å²) in [6.45, 7) is 12.0. The first kappa shape index (κ1) is 36.7. The van der Waals surface area contributed by atoms with Gasteiger partial charge in [0.05, 0.1) is 30.9 Å². The number of carbonyl (C=O) groups is 1. The summed E-state index contributed by atoms with van der Waals surface area (Å²) in [6.07, 6.45) is 7.69. The van der Waals surface area contributed by atoms with Gasteiger partial charge in [-0.25, -0.2) is 4.98 Å². The van der Waals surface area contributed by atoms with Crippen molar-refractivity contribution in [1.29, 1.82) is 0 Å². The van der Waals surface area contributed by atoms with Gasteiger partial charge in [-0.1, -0.05) is 31.5 Å². The second-order valence-corrected chi connectivity index (χ2v) is 14.7. The van der Waals surface area contributed by atoms with Crippen LogP contribution in [0.2, 0.25) is 0 Å². The van der Waals surface area contributed by atoms with Crippen molar-refractivity contribution in [2.75, 3.05) is 56.3 Å². The number of rotatable bonds is 16. The molecular weight excluding hydrogens is 661 g/mol. The number of carbonyl (C=O) groups excluding carboxylic acids is 1. The quantitative estimate of drug-likeness (QED) is 0.0942. The number of aromatic nitrogens is 2. The van der Waals surface area contributed by atoms with Gasteiger partial charge in [-0.05, 0) is 116 Å². The van der Waals surface area contributed by atoms with Gasteiger partial charge >= 0.3 is 0 Å². The van der Waals surface area contributed by atoms with Gasteiger partial charge in [0.15, 0.2) is 10.6 Å². The summed E-state index contributed by atoms with van der Waals surface area (Å²) in [7, 11) is 0. The number of hydrogen-bond donors (Lipinski definition) is 1. The van der Waals surface area contributed by atoms with Crippen LogP contribution in [0.4, 0.5) is 11.4 Å². The zero-order valence-corrected chi connectivity index (χ0v) is 30.9. The second-order valence-electron chi connectivity index (χ2n) is 13.2. The number of fused-ring (bicyclic) bond motifs is 1. The number of ether oxygens (including phenoxy) is 3. The molecule has 6 rings (SSSR count). The van der Waals surface area contributed by atoms with E-state index in [9.17, 15) is 9.35 Å². The maximum absolute atomic E-state index is 13.8. The van der Waals surface area contributed by atoms with Crippen molar-refractivity contribution in [2.24, 2.45) is 5.92 Å². The molecule has 9 nitrogen and oxygen atoms in total. The first-order valence-electron chi connectivity index (χ1n) is 18.2. The number of aryl methyl sites for hydroxylation is 2. The Morgan fingerprint density at radius 1 is 1.04 bits per heavy atom. The Bertz CT molecular complexity index is 1770. The van der Waals surface area contributed by atoms with Gasteiger partial charge in [0.25, 0.3) is 5.91 Å². The van der Waals surface area contributed by atoms with Crippen LogP contribution in [0.25, 0.3) is 17.2 Å². The standard InChI is InChI=1S/C41H50N4O5S/c1-4-6-20-48-22-23-50-37-12-7-32(8-13-37)33-9-16-39-35(24-33)25-34(17-19-45(39)26-31-18-21-49-27-31)41(46)43-36-10-14-38(15-11-36)51(47)28-40-30(3)42-29-44(40)5-2/h7-16,24-25,29,31H,4-6,17-23,26-28H2,1-3H3,(H,43,46). The SMILES string of the molecule is CCCCOCCOc1ccc(-c2ccc3c(c2)C=C(C(=O)Nc2ccc([S+]([O-])Cc4c(C)ncn4CC)cc2)CCN3CC2CCOC2)cc1. The Hall–Kier alpha value is -4.09. The van der Waals surface area contributed by atoms with E-state index in [1.807, 2.05) is 54.0 Å². The molecule has 1 amide bonds. The van der Waals surface area contributed by atoms with Gasteiger partial charge in [0.1, 0.15) is 12.4 Å². The Morgan fingerprint density at radius 2 is 1.84 bits per heavy atom. The van der Waals surface area contributed by atoms with Crippen LogP contribution < -0.4 is 15.0 Å². The van der Waals surface area contributed by atoms with E-state index in [1.165, 1.54) is 0 Å². The lowest BCUT2D eigenvalue weighted by Gasteiger charge is -2.28. The van der Waals surface area contributed by atoms with Crippen LogP contribution in [0.5, 0.6) is 5.75 Å². The third-order valence-electron chi connectivity index (χ3n) is 9.61. The predicted molar refractivity (Wildman–Crippen MR) is 205 cm³/mol. The highest BCUT2D eigenvalue weighted by molar-refractivity contribution is 7.90. The van der Waals surface area contributed by atoms with E-state index in [2.05, 4.69) is 59.4 Å². The van der Waals surface area contributed by atoms with Crippen LogP contribution in [0.1, 0.15) is 56.5 Å². The Balaban J connectivity index is 1.16. The highest BCUT2D eigenvalue weighted by Crippen LogP contribution is 2.34. The topological polar surface area (TPSA) is 101 Å². The van der Waals surface area contributed by atoms with E-state index < -0.39 is 11.2 Å². The fourth-order valence-electron chi connectivity index (χ4n) is 6.57. The van der Waals surface area contributed by atoms with Crippen molar-refractivity contribution in [3.05, 3.63) is 95.6 Å². The Kier molecular flexibility index (Phi) is 12.9. The molecule has 3 aromatic carbocycles. The van der Waals surface area contributed by atoms with Gasteiger partial charge < -0.3 is 33.5 Å². The highest BCUT2D eigenvalue weighted by atomic mass is 32.2. The molecule has 1 saturated heterocycles. The third-order valence-corrected chi connectivity index (χ3v) is 10.9. The third kappa shape index (κ3) is 9.62. The van der Waals surface area contributed by atoms with Crippen LogP contribution in [0, 0.1) is 12.8 Å². The largest absolute Gasteiger partial charge is 0.611 e. The number of unbranched alkanes of at least 4 members (excludes halogenated alkanes) is 1. The van der Waals surface area contributed by atoms with Crippen molar-refractivity contribution in [3.8, 4) is 16.9 Å². The molecule has 2 aliphatic rings. The lowest BCUT2D eigenvalue weighted by Crippen LogP contribution is -2.31. The average Bonchev–Trinajstić information content (AvgIpc) is 3.75. The molecule has 270 valence electrons. The molecule has 2 aliphatic heterocycles. The normalized spacial score (nSPS) is 16.4. The van der Waals surface area contributed by atoms with Crippen molar-refractivity contribution in [3.63, 3.8) is 0 Å². The molecule has 1 N–H and O–H groups in total. The smallest absolute Gasteiger partial charge is 0.251 e. The number of hydrogen-bond acceptors (Lipinski definition) is 7. The van der Waals surface area contributed by atoms with E-state index in [1.54, 1.807) is 6.33 Å². The monoisotopic (exact) mass is 710 g/mol. The zero-order valence-electron chi connectivity index (χ0n) is 30.1. The minimum absolute atomic E-state index is 0.131. The Labute approximate surface area is 305 Å². The lowest BCUT2D eigenvalue weighted by molar-refractivity contribution is -0.112. The Morgan fingerprint density at radius 3 is 2.59 bits per heavy atom. The molecule has 1 fully saturated rings. The van der Waals surface area contributed by atoms with Crippen LogP contribution >= 0.6 is 0 Å². The van der Waals surface area contributed by atoms with Crippen LogP contribution in [-0.4, -0.2) is 66.1 Å². The molecule has 2 unspecified atom stereocenters. The summed E-state index contributed by atoms with van der Waals surface area (Å²) >= 11 is -1.23. The van der Waals surface area contributed by atoms with Gasteiger partial charge in [-0.2, -0.15) is 0 Å². The zero-order chi connectivity index (χ0) is 35.6. The maximum atomic E-state index is 13.8. The number of amides is 1. The van der Waals surface area contributed by atoms with Crippen LogP contribution in [0.3, 0.4) is 0 Å². The summed E-state index contributed by atoms with van der Waals surface area (Å²) < 4.78 is 32.4. The summed E-state index contributed by atoms with van der Waals surface area (Å²) in [5, 5.41) is 3.10. The van der Waals surface area contributed by atoms with Gasteiger partial charge in [0.2, 0.25) is 0 Å². The second kappa shape index (κ2) is 17.9. The fourth-order valence-corrected chi connectivity index (χ4v) is 7.80. The molecule has 2 atom stereocenters. The highest BCUT2D eigenvalue weighted by Gasteiger charge is 2.25. The van der Waals surface area contributed by atoms with Crippen molar-refractivity contribution in [2.45, 2.75) is 63.6 Å². The lowest BCUT2D eigenvalue weighted by atomic mass is 9.99. The molecule has 0 aliphatic carbocycles. The number of benzene rings is 3. The summed E-state index contributed by atoms with van der Waals surface area (Å²) in [5.74, 6) is 1.55. The summed E-state index contributed by atoms with van der Waals surface area (Å²) in [6, 6.07) is 22.0. The first-order chi connectivity index (χ1) is 24.9. The maximum Gasteiger partial charge on any atom is 0.251 e. The molecule has 3 heterocycles. The van der Waals surface area contributed by atoms with E-state index in [0.717, 1.165) is 104 Å². The van der Waals surface area contributed by atoms with Crippen LogP contribution in [-0.2, 0) is 37.7 Å². The summed E-state index contributed by atoms with van der Waals surface area (Å²) in [5.41, 5.74) is 7.58. The van der Waals surface area contributed by atoms with Crippen molar-refractivity contribution in [1.82, 2.24) is 9.55 Å². The van der Waals surface area contributed by atoms with E-state index in [0.29, 0.717) is 41.9 Å². The fraction of sp³-hybridized carbons (Fsp3) is 0.415. The molecule has 4 aromatic rings. The predicted octanol–water partition coefficient (Wildman–Crippen LogP) is 7.65. The molecular formula is C41H50N4O5S. The summed E-state index contributed by atoms with van der Waals surface area (Å²) in [4.78, 5) is 21.3. The van der Waals surface area contributed by atoms with Gasteiger partial charge in [0, 0.05) is 55.7 Å². The number of nitrogens with one attached hydrogen (secondary N) is 1. The van der Waals surface area contributed by atoms with Crippen LogP contribution in [0.15, 0.2) is 83.5 Å².